The molecule has 3 heterocycles. The first kappa shape index (κ1) is 16.7. The fourth-order valence-corrected chi connectivity index (χ4v) is 2.91. The summed E-state index contributed by atoms with van der Waals surface area (Å²) in [6.07, 6.45) is 7.40. The van der Waals surface area contributed by atoms with Crippen molar-refractivity contribution in [2.24, 2.45) is 5.92 Å². The smallest absolute Gasteiger partial charge is 0.271 e. The van der Waals surface area contributed by atoms with Crippen LogP contribution in [-0.2, 0) is 6.54 Å². The number of hydrogen-bond donors (Lipinski definition) is 1. The van der Waals surface area contributed by atoms with Gasteiger partial charge in [0.1, 0.15) is 0 Å². The minimum absolute atomic E-state index is 0.236. The van der Waals surface area contributed by atoms with Crippen molar-refractivity contribution in [1.82, 2.24) is 25.1 Å². The van der Waals surface area contributed by atoms with E-state index in [1.807, 2.05) is 16.9 Å². The Hall–Kier alpha value is -2.15. The zero-order valence-corrected chi connectivity index (χ0v) is 14.4. The quantitative estimate of drug-likeness (QED) is 0.864. The van der Waals surface area contributed by atoms with Gasteiger partial charge < -0.3 is 10.2 Å². The number of anilines is 1. The van der Waals surface area contributed by atoms with Crippen molar-refractivity contribution in [1.29, 1.82) is 0 Å². The van der Waals surface area contributed by atoms with Gasteiger partial charge in [0.15, 0.2) is 5.69 Å². The van der Waals surface area contributed by atoms with E-state index < -0.39 is 0 Å². The van der Waals surface area contributed by atoms with Gasteiger partial charge in [-0.15, -0.1) is 0 Å². The number of amides is 1. The first-order valence-corrected chi connectivity index (χ1v) is 8.54. The molecule has 3 rings (SSSR count). The highest BCUT2D eigenvalue weighted by Crippen LogP contribution is 2.19. The molecule has 1 atom stereocenters. The summed E-state index contributed by atoms with van der Waals surface area (Å²) in [5, 5.41) is 7.34. The van der Waals surface area contributed by atoms with Crippen molar-refractivity contribution in [3.63, 3.8) is 0 Å². The third-order valence-electron chi connectivity index (χ3n) is 4.00. The van der Waals surface area contributed by atoms with Crippen LogP contribution in [-0.4, -0.2) is 45.3 Å². The van der Waals surface area contributed by atoms with Crippen LogP contribution in [0.25, 0.3) is 0 Å². The normalized spacial score (nSPS) is 15.5. The van der Waals surface area contributed by atoms with Crippen LogP contribution in [0.4, 0.5) is 5.95 Å². The number of nitrogens with one attached hydrogen (secondary N) is 1. The van der Waals surface area contributed by atoms with E-state index in [2.05, 4.69) is 32.2 Å². The molecule has 0 bridgehead atoms. The summed E-state index contributed by atoms with van der Waals surface area (Å²) < 4.78 is 1.85. The van der Waals surface area contributed by atoms with Gasteiger partial charge in [-0.1, -0.05) is 18.5 Å². The highest BCUT2D eigenvalue weighted by atomic mass is 35.5. The molecule has 1 N–H and O–H groups in total. The third-order valence-corrected chi connectivity index (χ3v) is 4.28. The van der Waals surface area contributed by atoms with Gasteiger partial charge in [0, 0.05) is 38.6 Å². The zero-order chi connectivity index (χ0) is 16.9. The number of rotatable bonds is 6. The van der Waals surface area contributed by atoms with Gasteiger partial charge in [-0.3, -0.25) is 9.48 Å². The molecular weight excluding hydrogens is 328 g/mol. The Morgan fingerprint density at radius 1 is 1.42 bits per heavy atom. The van der Waals surface area contributed by atoms with Gasteiger partial charge in [-0.05, 0) is 24.8 Å². The summed E-state index contributed by atoms with van der Waals surface area (Å²) in [4.78, 5) is 23.1. The number of halogens is 1. The Kier molecular flexibility index (Phi) is 5.30. The van der Waals surface area contributed by atoms with Gasteiger partial charge >= 0.3 is 0 Å². The van der Waals surface area contributed by atoms with E-state index in [0.29, 0.717) is 12.5 Å². The molecule has 2 aromatic rings. The third kappa shape index (κ3) is 4.03. The molecule has 8 heteroatoms. The molecule has 0 spiro atoms. The van der Waals surface area contributed by atoms with Crippen LogP contribution >= 0.6 is 11.6 Å². The Morgan fingerprint density at radius 3 is 2.92 bits per heavy atom. The van der Waals surface area contributed by atoms with Crippen molar-refractivity contribution in [3.8, 4) is 0 Å². The van der Waals surface area contributed by atoms with Crippen molar-refractivity contribution in [2.45, 2.75) is 26.3 Å². The second-order valence-electron chi connectivity index (χ2n) is 6.10. The van der Waals surface area contributed by atoms with E-state index in [-0.39, 0.29) is 22.5 Å². The molecule has 0 saturated carbocycles. The minimum Gasteiger partial charge on any atom is -0.350 e. The lowest BCUT2D eigenvalue weighted by atomic mass is 10.2. The average Bonchev–Trinajstić information content (AvgIpc) is 3.26. The van der Waals surface area contributed by atoms with Gasteiger partial charge in [0.25, 0.3) is 5.91 Å². The Balaban J connectivity index is 1.60. The SMILES string of the molecule is C[C@H](CNC(=O)c1nc(N2CCCC2)ncc1Cl)Cn1cccn1. The largest absolute Gasteiger partial charge is 0.350 e. The number of hydrogen-bond acceptors (Lipinski definition) is 5. The fourth-order valence-electron chi connectivity index (χ4n) is 2.73. The molecule has 1 fully saturated rings. The van der Waals surface area contributed by atoms with Crippen LogP contribution in [0.3, 0.4) is 0 Å². The molecule has 1 aliphatic heterocycles. The second kappa shape index (κ2) is 7.61. The standard InChI is InChI=1S/C16H21ClN6O/c1-12(11-23-8-4-5-20-23)9-18-15(24)14-13(17)10-19-16(21-14)22-6-2-3-7-22/h4-5,8,10,12H,2-3,6-7,9,11H2,1H3,(H,18,24)/t12-/m1/s1. The lowest BCUT2D eigenvalue weighted by Gasteiger charge is -2.16. The van der Waals surface area contributed by atoms with Crippen molar-refractivity contribution in [2.75, 3.05) is 24.5 Å². The van der Waals surface area contributed by atoms with Crippen molar-refractivity contribution >= 4 is 23.5 Å². The summed E-state index contributed by atoms with van der Waals surface area (Å²) in [6, 6.07) is 1.88. The minimum atomic E-state index is -0.268. The van der Waals surface area contributed by atoms with E-state index in [1.165, 1.54) is 6.20 Å². The Bertz CT molecular complexity index is 684. The predicted molar refractivity (Wildman–Crippen MR) is 92.2 cm³/mol. The molecule has 128 valence electrons. The summed E-state index contributed by atoms with van der Waals surface area (Å²) in [6.45, 7) is 5.16. The van der Waals surface area contributed by atoms with Crippen molar-refractivity contribution < 1.29 is 4.79 Å². The van der Waals surface area contributed by atoms with Gasteiger partial charge in [-0.25, -0.2) is 9.97 Å². The molecule has 1 amide bonds. The molecule has 24 heavy (non-hydrogen) atoms. The molecular formula is C16H21ClN6O. The molecule has 1 aliphatic rings. The lowest BCUT2D eigenvalue weighted by molar-refractivity contribution is 0.0941. The van der Waals surface area contributed by atoms with Crippen LogP contribution in [0.2, 0.25) is 5.02 Å². The van der Waals surface area contributed by atoms with Crippen LogP contribution in [0.1, 0.15) is 30.3 Å². The molecule has 7 nitrogen and oxygen atoms in total. The molecule has 0 unspecified atom stereocenters. The highest BCUT2D eigenvalue weighted by molar-refractivity contribution is 6.33. The van der Waals surface area contributed by atoms with Crippen LogP contribution in [0.15, 0.2) is 24.7 Å². The molecule has 0 radical (unpaired) electrons. The van der Waals surface area contributed by atoms with Crippen molar-refractivity contribution in [3.05, 3.63) is 35.4 Å². The Labute approximate surface area is 146 Å². The van der Waals surface area contributed by atoms with Gasteiger partial charge in [0.2, 0.25) is 5.95 Å². The van der Waals surface area contributed by atoms with Gasteiger partial charge in [-0.2, -0.15) is 5.10 Å². The number of carbonyl (C=O) groups excluding carboxylic acids is 1. The lowest BCUT2D eigenvalue weighted by Crippen LogP contribution is -2.31. The molecule has 0 aliphatic carbocycles. The predicted octanol–water partition coefficient (Wildman–Crippen LogP) is 1.99. The fraction of sp³-hybridized carbons (Fsp3) is 0.500. The average molecular weight is 349 g/mol. The van der Waals surface area contributed by atoms with E-state index >= 15 is 0 Å². The second-order valence-corrected chi connectivity index (χ2v) is 6.51. The summed E-state index contributed by atoms with van der Waals surface area (Å²) >= 11 is 6.11. The van der Waals surface area contributed by atoms with E-state index in [0.717, 1.165) is 32.5 Å². The molecule has 1 saturated heterocycles. The summed E-state index contributed by atoms with van der Waals surface area (Å²) in [5.41, 5.74) is 0.236. The van der Waals surface area contributed by atoms with Crippen LogP contribution in [0, 0.1) is 5.92 Å². The Morgan fingerprint density at radius 2 is 2.21 bits per heavy atom. The zero-order valence-electron chi connectivity index (χ0n) is 13.7. The maximum Gasteiger partial charge on any atom is 0.271 e. The number of carbonyl (C=O) groups is 1. The van der Waals surface area contributed by atoms with E-state index in [1.54, 1.807) is 6.20 Å². The van der Waals surface area contributed by atoms with E-state index in [4.69, 9.17) is 11.6 Å². The molecule has 0 aromatic carbocycles. The van der Waals surface area contributed by atoms with Gasteiger partial charge in [0.05, 0.1) is 11.2 Å². The van der Waals surface area contributed by atoms with Crippen LogP contribution < -0.4 is 10.2 Å². The van der Waals surface area contributed by atoms with E-state index in [9.17, 15) is 4.79 Å². The first-order valence-electron chi connectivity index (χ1n) is 8.16. The highest BCUT2D eigenvalue weighted by Gasteiger charge is 2.19. The number of nitrogens with zero attached hydrogens (tertiary/aromatic N) is 5. The maximum absolute atomic E-state index is 12.4. The maximum atomic E-state index is 12.4. The van der Waals surface area contributed by atoms with Crippen LogP contribution in [0.5, 0.6) is 0 Å². The molecule has 2 aromatic heterocycles. The first-order chi connectivity index (χ1) is 11.6. The summed E-state index contributed by atoms with van der Waals surface area (Å²) in [5.74, 6) is 0.550. The summed E-state index contributed by atoms with van der Waals surface area (Å²) in [7, 11) is 0. The monoisotopic (exact) mass is 348 g/mol. The topological polar surface area (TPSA) is 75.9 Å². The number of aromatic nitrogens is 4.